The van der Waals surface area contributed by atoms with Crippen molar-refractivity contribution in [2.24, 2.45) is 116 Å². The number of alkyl halides is 39. The minimum absolute atomic E-state index is 0.0658. The van der Waals surface area contributed by atoms with Crippen molar-refractivity contribution in [2.45, 2.75) is 399 Å². The Hall–Kier alpha value is -2.73. The van der Waals surface area contributed by atoms with Crippen molar-refractivity contribution in [1.29, 1.82) is 0 Å². The van der Waals surface area contributed by atoms with Gasteiger partial charge in [-0.15, -0.1) is 0 Å². The third-order valence-electron chi connectivity index (χ3n) is 21.6. The van der Waals surface area contributed by atoms with E-state index in [2.05, 4.69) is 0 Å². The molecular formula is C80H143F39. The largest absolute Gasteiger partial charge is 0.400 e. The molecule has 119 heavy (non-hydrogen) atoms. The Morgan fingerprint density at radius 3 is 0.639 bits per heavy atom. The lowest BCUT2D eigenvalue weighted by Gasteiger charge is -2.40. The van der Waals surface area contributed by atoms with Gasteiger partial charge in [0, 0.05) is 12.8 Å². The van der Waals surface area contributed by atoms with Gasteiger partial charge in [0.25, 0.3) is 0 Å². The highest BCUT2D eigenvalue weighted by Crippen LogP contribution is 2.51. The molecule has 0 aliphatic heterocycles. The van der Waals surface area contributed by atoms with E-state index in [0.29, 0.717) is 44.9 Å². The van der Waals surface area contributed by atoms with Crippen molar-refractivity contribution in [3.63, 3.8) is 0 Å². The Morgan fingerprint density at radius 1 is 0.286 bits per heavy atom. The van der Waals surface area contributed by atoms with E-state index < -0.39 is 174 Å². The number of unbranched alkanes of at least 4 members (excludes halogenated alkanes) is 1. The molecule has 39 heteroatoms. The van der Waals surface area contributed by atoms with Gasteiger partial charge in [-0.3, -0.25) is 0 Å². The Bertz CT molecular complexity index is 2290. The first-order valence-electron chi connectivity index (χ1n) is 39.2. The lowest BCUT2D eigenvalue weighted by atomic mass is 9.69. The Labute approximate surface area is 684 Å². The van der Waals surface area contributed by atoms with Crippen molar-refractivity contribution < 1.29 is 171 Å². The van der Waals surface area contributed by atoms with Crippen molar-refractivity contribution in [1.82, 2.24) is 0 Å². The quantitative estimate of drug-likeness (QED) is 0.101. The highest BCUT2D eigenvalue weighted by atomic mass is 19.5. The minimum atomic E-state index is -5.19. The monoisotopic (exact) mass is 1850 g/mol. The molecule has 0 aromatic heterocycles. The molecule has 0 spiro atoms. The average Bonchev–Trinajstić information content (AvgIpc) is 0.802. The van der Waals surface area contributed by atoms with Gasteiger partial charge in [0.1, 0.15) is 0 Å². The maximum absolute atomic E-state index is 12.3. The van der Waals surface area contributed by atoms with Gasteiger partial charge in [-0.1, -0.05) is 287 Å². The van der Waals surface area contributed by atoms with Crippen LogP contribution in [-0.4, -0.2) is 80.3 Å². The van der Waals surface area contributed by atoms with Crippen molar-refractivity contribution in [3.8, 4) is 0 Å². The molecule has 0 aromatic carbocycles. The lowest BCUT2D eigenvalue weighted by Crippen LogP contribution is -2.43. The van der Waals surface area contributed by atoms with Crippen LogP contribution >= 0.6 is 0 Å². The van der Waals surface area contributed by atoms with E-state index in [0.717, 1.165) is 0 Å². The number of hydrogen-bond donors (Lipinski definition) is 0. The summed E-state index contributed by atoms with van der Waals surface area (Å²) in [6.07, 6.45) is -56.2. The van der Waals surface area contributed by atoms with E-state index in [1.165, 1.54) is 83.1 Å². The summed E-state index contributed by atoms with van der Waals surface area (Å²) in [5, 5.41) is 0. The second kappa shape index (κ2) is 56.5. The van der Waals surface area contributed by atoms with E-state index in [4.69, 9.17) is 0 Å². The van der Waals surface area contributed by atoms with Gasteiger partial charge in [0.15, 0.2) is 11.8 Å². The van der Waals surface area contributed by atoms with Crippen LogP contribution in [0.25, 0.3) is 0 Å². The van der Waals surface area contributed by atoms with Gasteiger partial charge in [-0.05, 0) is 83.4 Å². The summed E-state index contributed by atoms with van der Waals surface area (Å²) in [5.74, 6) is -13.2. The van der Waals surface area contributed by atoms with E-state index in [1.807, 2.05) is 27.7 Å². The van der Waals surface area contributed by atoms with Crippen LogP contribution in [0.4, 0.5) is 171 Å². The lowest BCUT2D eigenvalue weighted by molar-refractivity contribution is -0.288. The second-order valence-corrected chi connectivity index (χ2v) is 35.0. The fraction of sp³-hybridized carbons (Fsp3) is 1.00. The van der Waals surface area contributed by atoms with Crippen LogP contribution in [0.5, 0.6) is 0 Å². The van der Waals surface area contributed by atoms with Gasteiger partial charge in [0.05, 0.1) is 39.9 Å². The van der Waals surface area contributed by atoms with Crippen LogP contribution in [0.3, 0.4) is 0 Å². The van der Waals surface area contributed by atoms with Crippen molar-refractivity contribution in [3.05, 3.63) is 0 Å². The highest BCUT2D eigenvalue weighted by molar-refractivity contribution is 4.89. The molecule has 4 unspecified atom stereocenters. The third kappa shape index (κ3) is 70.1. The minimum Gasteiger partial charge on any atom is -0.171 e. The molecule has 0 aromatic rings. The first kappa shape index (κ1) is 139. The number of hydrogen-bond acceptors (Lipinski definition) is 0. The molecule has 0 saturated carbocycles. The van der Waals surface area contributed by atoms with Gasteiger partial charge >= 0.3 is 80.3 Å². The zero-order valence-corrected chi connectivity index (χ0v) is 75.6. The van der Waals surface area contributed by atoms with E-state index in [1.54, 1.807) is 125 Å². The van der Waals surface area contributed by atoms with Crippen LogP contribution in [-0.2, 0) is 0 Å². The molecular weight excluding hydrogens is 1700 g/mol. The molecule has 0 nitrogen and oxygen atoms in total. The van der Waals surface area contributed by atoms with Crippen molar-refractivity contribution in [2.75, 3.05) is 0 Å². The standard InChI is InChI=1S/3C8H15F3.2C7H10F6.6C7H13F3/c1-6(2,3)7(4,5)8(9,10)11;2*1-5(2)6(3)7(4)8(9,10)11;1-4(2)3-5(6(8,9)10)7(11,12)13;1-2-3-4-5(6(8,9)10)7(11,12)13;1-5(2)6(3,4)7(8,9)10;1-4-6(2,3)5-7(8,9)10;1-4-5-6(2,3)7(8,9)10;2*1-4-5(2)6(3)7(8,9)10;1-3-6(4-2)5-7(8,9)10/h1-5H3;2*5-7H,1-4H3;4-5H,3H2,1-2H3;5H,2-4H2,1H3;5H,1-4H3;2*4-5H2,1-3H3;2*5-6H,4H2,1-3H3;6H,3-5H2,1-2H3/t;2*6-,7?;;;;;;5?,6-;5-,6?;/m.11.....10./s1. The molecule has 0 heterocycles. The predicted molar refractivity (Wildman–Crippen MR) is 396 cm³/mol. The van der Waals surface area contributed by atoms with Crippen molar-refractivity contribution >= 4 is 0 Å². The second-order valence-electron chi connectivity index (χ2n) is 35.0. The Balaban J connectivity index is -0.000000120. The maximum Gasteiger partial charge on any atom is 0.400 e. The summed E-state index contributed by atoms with van der Waals surface area (Å²) < 4.78 is 465. The Kier molecular flexibility index (Phi) is 66.1. The fourth-order valence-corrected chi connectivity index (χ4v) is 8.04. The molecule has 0 saturated heterocycles. The summed E-state index contributed by atoms with van der Waals surface area (Å²) >= 11 is 0. The highest BCUT2D eigenvalue weighted by Gasteiger charge is 2.58. The average molecular weight is 1850 g/mol. The molecule has 0 aliphatic carbocycles. The summed E-state index contributed by atoms with van der Waals surface area (Å²) in [5.41, 5.74) is -6.04. The van der Waals surface area contributed by atoms with Crippen LogP contribution in [0.1, 0.15) is 319 Å². The molecule has 0 fully saturated rings. The fourth-order valence-electron chi connectivity index (χ4n) is 8.04. The molecule has 0 amide bonds. The first-order valence-corrected chi connectivity index (χ1v) is 39.2. The van der Waals surface area contributed by atoms with Crippen LogP contribution in [0, 0.1) is 116 Å². The zero-order chi connectivity index (χ0) is 99.9. The summed E-state index contributed by atoms with van der Waals surface area (Å²) in [7, 11) is 0. The summed E-state index contributed by atoms with van der Waals surface area (Å²) in [6.45, 7) is 52.1. The molecule has 0 aliphatic rings. The third-order valence-corrected chi connectivity index (χ3v) is 21.6. The van der Waals surface area contributed by atoms with Gasteiger partial charge in [-0.2, -0.15) is 171 Å². The van der Waals surface area contributed by atoms with Gasteiger partial charge < -0.3 is 0 Å². The number of rotatable bonds is 21. The zero-order valence-electron chi connectivity index (χ0n) is 75.6. The topological polar surface area (TPSA) is 0 Å². The first-order chi connectivity index (χ1) is 51.3. The molecule has 0 N–H and O–H groups in total. The maximum atomic E-state index is 12.3. The van der Waals surface area contributed by atoms with Gasteiger partial charge in [-0.25, -0.2) is 0 Å². The summed E-state index contributed by atoms with van der Waals surface area (Å²) in [4.78, 5) is 0. The normalized spacial score (nSPS) is 15.6. The Morgan fingerprint density at radius 2 is 0.563 bits per heavy atom. The number of halogens is 39. The molecule has 0 radical (unpaired) electrons. The van der Waals surface area contributed by atoms with Gasteiger partial charge in [0.2, 0.25) is 0 Å². The molecule has 0 rings (SSSR count). The smallest absolute Gasteiger partial charge is 0.171 e. The van der Waals surface area contributed by atoms with Crippen LogP contribution in [0.15, 0.2) is 0 Å². The summed E-state index contributed by atoms with van der Waals surface area (Å²) in [6, 6.07) is 0. The molecule has 736 valence electrons. The van der Waals surface area contributed by atoms with E-state index in [9.17, 15) is 171 Å². The predicted octanol–water partition coefficient (Wildman–Crippen LogP) is 38.1. The molecule has 0 bridgehead atoms. The van der Waals surface area contributed by atoms with E-state index >= 15 is 0 Å². The van der Waals surface area contributed by atoms with Crippen LogP contribution in [0.2, 0.25) is 0 Å². The van der Waals surface area contributed by atoms with Crippen LogP contribution < -0.4 is 0 Å². The SMILES string of the molecule is CC(C)(C)C(C)(C)C(F)(F)F.CC(C)C(C)(C)C(F)(F)F.CC(C)CC(C(F)(F)F)C(F)(F)F.CC(C)[C@@H](C)C(C)C(F)(F)F.CC(C)[C@@H](C)C(C)C(F)(F)F.CCC(C)(C)CC(F)(F)F.CCC(C)[C@@H](C)C(F)(F)F.CCC(CC)CC(F)(F)F.CCCC(C)(C)C(F)(F)F.CCCCC(C(F)(F)F)C(F)(F)F.CC[C@H](C)C(C)C(F)(F)F. The van der Waals surface area contributed by atoms with E-state index in [-0.39, 0.29) is 60.2 Å². The molecule has 8 atom stereocenters.